The molecule has 0 aromatic heterocycles. The van der Waals surface area contributed by atoms with Gasteiger partial charge in [-0.05, 0) is 25.7 Å². The molecule has 0 saturated heterocycles. The average Bonchev–Trinajstić information content (AvgIpc) is 2.09. The number of amides is 1. The van der Waals surface area contributed by atoms with Gasteiger partial charge < -0.3 is 10.1 Å². The molecule has 0 fully saturated rings. The topological polar surface area (TPSA) is 38.3 Å². The van der Waals surface area contributed by atoms with Crippen molar-refractivity contribution in [2.24, 2.45) is 5.92 Å². The SMILES string of the molecule is C=C(C)C(=O)NCOCCCC(C)C. The molecule has 0 bridgehead atoms. The normalized spacial score (nSPS) is 10.3. The van der Waals surface area contributed by atoms with Gasteiger partial charge in [-0.15, -0.1) is 0 Å². The first-order chi connectivity index (χ1) is 6.54. The maximum Gasteiger partial charge on any atom is 0.248 e. The lowest BCUT2D eigenvalue weighted by Gasteiger charge is -2.07. The lowest BCUT2D eigenvalue weighted by Crippen LogP contribution is -2.26. The fourth-order valence-electron chi connectivity index (χ4n) is 0.933. The molecule has 0 saturated carbocycles. The van der Waals surface area contributed by atoms with Crippen LogP contribution in [-0.4, -0.2) is 19.2 Å². The molecule has 1 N–H and O–H groups in total. The van der Waals surface area contributed by atoms with Gasteiger partial charge in [0.05, 0.1) is 0 Å². The lowest BCUT2D eigenvalue weighted by molar-refractivity contribution is -0.119. The summed E-state index contributed by atoms with van der Waals surface area (Å²) in [6.07, 6.45) is 2.20. The van der Waals surface area contributed by atoms with Gasteiger partial charge in [0.2, 0.25) is 5.91 Å². The monoisotopic (exact) mass is 199 g/mol. The zero-order chi connectivity index (χ0) is 11.0. The number of hydrogen-bond acceptors (Lipinski definition) is 2. The minimum atomic E-state index is -0.145. The Morgan fingerprint density at radius 3 is 2.64 bits per heavy atom. The minimum Gasteiger partial charge on any atom is -0.361 e. The summed E-state index contributed by atoms with van der Waals surface area (Å²) < 4.78 is 5.23. The van der Waals surface area contributed by atoms with Crippen LogP contribution in [0.15, 0.2) is 12.2 Å². The smallest absolute Gasteiger partial charge is 0.248 e. The van der Waals surface area contributed by atoms with Crippen LogP contribution in [0.4, 0.5) is 0 Å². The first kappa shape index (κ1) is 13.2. The first-order valence-corrected chi connectivity index (χ1v) is 5.05. The summed E-state index contributed by atoms with van der Waals surface area (Å²) in [6, 6.07) is 0. The Bertz CT molecular complexity index is 188. The average molecular weight is 199 g/mol. The van der Waals surface area contributed by atoms with Crippen molar-refractivity contribution in [3.05, 3.63) is 12.2 Å². The van der Waals surface area contributed by atoms with E-state index in [1.54, 1.807) is 6.92 Å². The van der Waals surface area contributed by atoms with Gasteiger partial charge >= 0.3 is 0 Å². The summed E-state index contributed by atoms with van der Waals surface area (Å²) in [6.45, 7) is 10.6. The molecule has 1 amide bonds. The highest BCUT2D eigenvalue weighted by atomic mass is 16.5. The first-order valence-electron chi connectivity index (χ1n) is 5.05. The summed E-state index contributed by atoms with van der Waals surface area (Å²) in [5, 5.41) is 2.61. The van der Waals surface area contributed by atoms with Crippen molar-refractivity contribution >= 4 is 5.91 Å². The van der Waals surface area contributed by atoms with Crippen molar-refractivity contribution in [2.75, 3.05) is 13.3 Å². The van der Waals surface area contributed by atoms with E-state index in [9.17, 15) is 4.79 Å². The van der Waals surface area contributed by atoms with E-state index >= 15 is 0 Å². The van der Waals surface area contributed by atoms with Crippen LogP contribution in [0.5, 0.6) is 0 Å². The van der Waals surface area contributed by atoms with Crippen LogP contribution in [-0.2, 0) is 9.53 Å². The largest absolute Gasteiger partial charge is 0.361 e. The predicted octanol–water partition coefficient (Wildman–Crippen LogP) is 2.09. The molecule has 0 radical (unpaired) electrons. The molecule has 0 aromatic rings. The van der Waals surface area contributed by atoms with Crippen molar-refractivity contribution in [1.82, 2.24) is 5.32 Å². The van der Waals surface area contributed by atoms with E-state index < -0.39 is 0 Å². The van der Waals surface area contributed by atoms with Crippen molar-refractivity contribution < 1.29 is 9.53 Å². The highest BCUT2D eigenvalue weighted by Gasteiger charge is 1.99. The van der Waals surface area contributed by atoms with Gasteiger partial charge in [-0.2, -0.15) is 0 Å². The van der Waals surface area contributed by atoms with Crippen LogP contribution in [0.1, 0.15) is 33.6 Å². The number of nitrogens with one attached hydrogen (secondary N) is 1. The lowest BCUT2D eigenvalue weighted by atomic mass is 10.1. The molecule has 3 nitrogen and oxygen atoms in total. The Kier molecular flexibility index (Phi) is 7.11. The van der Waals surface area contributed by atoms with Gasteiger partial charge in [-0.25, -0.2) is 0 Å². The molecule has 0 spiro atoms. The molecule has 82 valence electrons. The zero-order valence-corrected chi connectivity index (χ0v) is 9.43. The third-order valence-electron chi connectivity index (χ3n) is 1.79. The number of carbonyl (C=O) groups is 1. The number of hydrogen-bond donors (Lipinski definition) is 1. The Labute approximate surface area is 86.5 Å². The van der Waals surface area contributed by atoms with Crippen molar-refractivity contribution in [1.29, 1.82) is 0 Å². The fraction of sp³-hybridized carbons (Fsp3) is 0.727. The molecular formula is C11H21NO2. The molecule has 0 rings (SSSR count). The van der Waals surface area contributed by atoms with Gasteiger partial charge in [0.1, 0.15) is 6.73 Å². The Morgan fingerprint density at radius 2 is 2.14 bits per heavy atom. The standard InChI is InChI=1S/C11H21NO2/c1-9(2)6-5-7-14-8-12-11(13)10(3)4/h9H,3,5-8H2,1-2,4H3,(H,12,13). The third-order valence-corrected chi connectivity index (χ3v) is 1.79. The molecule has 0 aliphatic carbocycles. The fourth-order valence-corrected chi connectivity index (χ4v) is 0.933. The number of carbonyl (C=O) groups excluding carboxylic acids is 1. The summed E-state index contributed by atoms with van der Waals surface area (Å²) in [4.78, 5) is 11.0. The molecule has 0 aromatic carbocycles. The van der Waals surface area contributed by atoms with E-state index in [0.717, 1.165) is 12.8 Å². The zero-order valence-electron chi connectivity index (χ0n) is 9.43. The van der Waals surface area contributed by atoms with E-state index in [1.807, 2.05) is 0 Å². The highest BCUT2D eigenvalue weighted by Crippen LogP contribution is 2.02. The molecule has 0 aliphatic rings. The third kappa shape index (κ3) is 7.80. The van der Waals surface area contributed by atoms with Crippen LogP contribution in [0.2, 0.25) is 0 Å². The van der Waals surface area contributed by atoms with Crippen LogP contribution in [0, 0.1) is 5.92 Å². The quantitative estimate of drug-likeness (QED) is 0.387. The van der Waals surface area contributed by atoms with E-state index in [1.165, 1.54) is 0 Å². The Balaban J connectivity index is 3.22. The second kappa shape index (κ2) is 7.56. The summed E-state index contributed by atoms with van der Waals surface area (Å²) in [7, 11) is 0. The van der Waals surface area contributed by atoms with Crippen molar-refractivity contribution in [2.45, 2.75) is 33.6 Å². The van der Waals surface area contributed by atoms with Gasteiger partial charge in [0, 0.05) is 12.2 Å². The van der Waals surface area contributed by atoms with E-state index in [0.29, 0.717) is 18.1 Å². The van der Waals surface area contributed by atoms with E-state index in [4.69, 9.17) is 4.74 Å². The molecule has 3 heteroatoms. The van der Waals surface area contributed by atoms with Crippen molar-refractivity contribution in [3.8, 4) is 0 Å². The summed E-state index contributed by atoms with van der Waals surface area (Å²) in [5.74, 6) is 0.567. The van der Waals surface area contributed by atoms with Crippen LogP contribution >= 0.6 is 0 Å². The summed E-state index contributed by atoms with van der Waals surface area (Å²) >= 11 is 0. The maximum absolute atomic E-state index is 11.0. The molecule has 0 unspecified atom stereocenters. The minimum absolute atomic E-state index is 0.145. The maximum atomic E-state index is 11.0. The second-order valence-corrected chi connectivity index (χ2v) is 3.87. The second-order valence-electron chi connectivity index (χ2n) is 3.87. The molecule has 14 heavy (non-hydrogen) atoms. The molecule has 0 aliphatic heterocycles. The van der Waals surface area contributed by atoms with E-state index in [-0.39, 0.29) is 12.6 Å². The molecule has 0 atom stereocenters. The van der Waals surface area contributed by atoms with Gasteiger partial charge in [-0.1, -0.05) is 20.4 Å². The van der Waals surface area contributed by atoms with E-state index in [2.05, 4.69) is 25.7 Å². The van der Waals surface area contributed by atoms with Gasteiger partial charge in [0.25, 0.3) is 0 Å². The summed E-state index contributed by atoms with van der Waals surface area (Å²) in [5.41, 5.74) is 0.510. The molecular weight excluding hydrogens is 178 g/mol. The number of rotatable bonds is 7. The van der Waals surface area contributed by atoms with Gasteiger partial charge in [0.15, 0.2) is 0 Å². The predicted molar refractivity (Wildman–Crippen MR) is 57.8 cm³/mol. The van der Waals surface area contributed by atoms with Gasteiger partial charge in [-0.3, -0.25) is 4.79 Å². The van der Waals surface area contributed by atoms with Crippen LogP contribution in [0.3, 0.4) is 0 Å². The number of ether oxygens (including phenoxy) is 1. The Morgan fingerprint density at radius 1 is 1.50 bits per heavy atom. The Hall–Kier alpha value is -0.830. The van der Waals surface area contributed by atoms with Crippen molar-refractivity contribution in [3.63, 3.8) is 0 Å². The van der Waals surface area contributed by atoms with Crippen LogP contribution in [0.25, 0.3) is 0 Å². The molecule has 0 heterocycles. The highest BCUT2D eigenvalue weighted by molar-refractivity contribution is 5.91. The van der Waals surface area contributed by atoms with Crippen LogP contribution < -0.4 is 5.32 Å².